The summed E-state index contributed by atoms with van der Waals surface area (Å²) in [6.45, 7) is 2.07. The van der Waals surface area contributed by atoms with E-state index in [9.17, 15) is 0 Å². The summed E-state index contributed by atoms with van der Waals surface area (Å²) in [5, 5.41) is 7.60. The topological polar surface area (TPSA) is 68.8 Å². The number of nitrogen functional groups attached to an aromatic ring is 1. The van der Waals surface area contributed by atoms with Crippen LogP contribution >= 0.6 is 15.9 Å². The van der Waals surface area contributed by atoms with E-state index < -0.39 is 0 Å². The molecule has 0 saturated carbocycles. The maximum absolute atomic E-state index is 5.64. The molecule has 0 bridgehead atoms. The molecule has 2 heterocycles. The summed E-state index contributed by atoms with van der Waals surface area (Å²) in [6, 6.07) is 1.82. The van der Waals surface area contributed by atoms with Crippen LogP contribution in [0.4, 0.5) is 17.2 Å². The molecule has 0 spiro atoms. The molecule has 3 N–H and O–H groups in total. The van der Waals surface area contributed by atoms with Crippen molar-refractivity contribution in [2.24, 2.45) is 7.05 Å². The van der Waals surface area contributed by atoms with Gasteiger partial charge < -0.3 is 11.1 Å². The van der Waals surface area contributed by atoms with Crippen LogP contribution in [0.25, 0.3) is 0 Å². The number of halogens is 1. The number of hydrogen-bond acceptors (Lipinski definition) is 4. The Bertz CT molecular complexity index is 535. The third kappa shape index (κ3) is 2.58. The first-order chi connectivity index (χ1) is 8.10. The number of aryl methyl sites for hydroxylation is 2. The molecule has 0 aliphatic rings. The Morgan fingerprint density at radius 1 is 1.53 bits per heavy atom. The van der Waals surface area contributed by atoms with Crippen molar-refractivity contribution in [1.82, 2.24) is 14.8 Å². The van der Waals surface area contributed by atoms with Crippen LogP contribution in [0, 0.1) is 0 Å². The van der Waals surface area contributed by atoms with E-state index in [0.29, 0.717) is 5.69 Å². The average Bonchev–Trinajstić information content (AvgIpc) is 2.63. The van der Waals surface area contributed by atoms with Gasteiger partial charge in [0.1, 0.15) is 5.82 Å². The first-order valence-corrected chi connectivity index (χ1v) is 6.10. The molecule has 5 nitrogen and oxygen atoms in total. The largest absolute Gasteiger partial charge is 0.397 e. The minimum atomic E-state index is 0.629. The number of rotatable bonds is 3. The lowest BCUT2D eigenvalue weighted by molar-refractivity contribution is 0.746. The number of hydrogen-bond donors (Lipinski definition) is 2. The van der Waals surface area contributed by atoms with Crippen molar-refractivity contribution in [3.8, 4) is 0 Å². The standard InChI is InChI=1S/C11H14BrN5/c1-3-9-10(6-17(2)16-9)15-11-8(12)4-7(13)5-14-11/h4-6H,3,13H2,1-2H3,(H,14,15). The maximum atomic E-state index is 5.64. The molecule has 17 heavy (non-hydrogen) atoms. The third-order valence-electron chi connectivity index (χ3n) is 2.36. The van der Waals surface area contributed by atoms with Gasteiger partial charge in [0.25, 0.3) is 0 Å². The molecule has 90 valence electrons. The lowest BCUT2D eigenvalue weighted by Crippen LogP contribution is -1.97. The van der Waals surface area contributed by atoms with Crippen molar-refractivity contribution in [2.45, 2.75) is 13.3 Å². The zero-order valence-electron chi connectivity index (χ0n) is 9.74. The Kier molecular flexibility index (Phi) is 3.33. The van der Waals surface area contributed by atoms with Gasteiger partial charge >= 0.3 is 0 Å². The van der Waals surface area contributed by atoms with E-state index in [1.807, 2.05) is 19.3 Å². The zero-order chi connectivity index (χ0) is 12.4. The van der Waals surface area contributed by atoms with Crippen LogP contribution in [0.2, 0.25) is 0 Å². The molecule has 0 radical (unpaired) electrons. The average molecular weight is 296 g/mol. The maximum Gasteiger partial charge on any atom is 0.144 e. The molecule has 0 aliphatic carbocycles. The van der Waals surface area contributed by atoms with Crippen molar-refractivity contribution in [1.29, 1.82) is 0 Å². The van der Waals surface area contributed by atoms with Gasteiger partial charge in [0.2, 0.25) is 0 Å². The molecule has 0 aliphatic heterocycles. The molecule has 0 fully saturated rings. The Labute approximate surface area is 108 Å². The summed E-state index contributed by atoms with van der Waals surface area (Å²) < 4.78 is 2.62. The molecular weight excluding hydrogens is 282 g/mol. The van der Waals surface area contributed by atoms with Gasteiger partial charge in [-0.05, 0) is 28.4 Å². The number of nitrogens with zero attached hydrogens (tertiary/aromatic N) is 3. The summed E-state index contributed by atoms with van der Waals surface area (Å²) >= 11 is 3.43. The monoisotopic (exact) mass is 295 g/mol. The van der Waals surface area contributed by atoms with Crippen LogP contribution < -0.4 is 11.1 Å². The van der Waals surface area contributed by atoms with Crippen LogP contribution in [0.15, 0.2) is 22.9 Å². The quantitative estimate of drug-likeness (QED) is 0.913. The fourth-order valence-corrected chi connectivity index (χ4v) is 2.04. The molecular formula is C11H14BrN5. The lowest BCUT2D eigenvalue weighted by atomic mass is 10.3. The number of nitrogens with two attached hydrogens (primary N) is 1. The van der Waals surface area contributed by atoms with Crippen LogP contribution in [0.3, 0.4) is 0 Å². The number of anilines is 3. The highest BCUT2D eigenvalue weighted by Crippen LogP contribution is 2.26. The van der Waals surface area contributed by atoms with E-state index in [4.69, 9.17) is 5.73 Å². The summed E-state index contributed by atoms with van der Waals surface area (Å²) in [5.74, 6) is 0.738. The van der Waals surface area contributed by atoms with Gasteiger partial charge in [0.05, 0.1) is 27.7 Å². The molecule has 2 aromatic rings. The first kappa shape index (κ1) is 11.9. The first-order valence-electron chi connectivity index (χ1n) is 5.30. The molecule has 0 saturated heterocycles. The van der Waals surface area contributed by atoms with Gasteiger partial charge in [0.15, 0.2) is 0 Å². The van der Waals surface area contributed by atoms with Gasteiger partial charge in [-0.3, -0.25) is 4.68 Å². The molecule has 0 unspecified atom stereocenters. The Morgan fingerprint density at radius 2 is 2.29 bits per heavy atom. The third-order valence-corrected chi connectivity index (χ3v) is 2.96. The molecule has 0 atom stereocenters. The number of pyridine rings is 1. The fraction of sp³-hybridized carbons (Fsp3) is 0.273. The van der Waals surface area contributed by atoms with Crippen molar-refractivity contribution < 1.29 is 0 Å². The highest BCUT2D eigenvalue weighted by atomic mass is 79.9. The van der Waals surface area contributed by atoms with Crippen molar-refractivity contribution in [2.75, 3.05) is 11.1 Å². The van der Waals surface area contributed by atoms with E-state index >= 15 is 0 Å². The molecule has 2 rings (SSSR count). The van der Waals surface area contributed by atoms with Gasteiger partial charge in [0, 0.05) is 13.2 Å². The SMILES string of the molecule is CCc1nn(C)cc1Nc1ncc(N)cc1Br. The highest BCUT2D eigenvalue weighted by molar-refractivity contribution is 9.10. The molecule has 2 aromatic heterocycles. The second-order valence-corrected chi connectivity index (χ2v) is 4.60. The minimum Gasteiger partial charge on any atom is -0.397 e. The van der Waals surface area contributed by atoms with Crippen molar-refractivity contribution in [3.05, 3.63) is 28.6 Å². The van der Waals surface area contributed by atoms with Crippen LogP contribution in [0.5, 0.6) is 0 Å². The fourth-order valence-electron chi connectivity index (χ4n) is 1.57. The second kappa shape index (κ2) is 4.75. The molecule has 0 aromatic carbocycles. The van der Waals surface area contributed by atoms with Crippen molar-refractivity contribution in [3.63, 3.8) is 0 Å². The summed E-state index contributed by atoms with van der Waals surface area (Å²) in [4.78, 5) is 4.24. The smallest absolute Gasteiger partial charge is 0.144 e. The summed E-state index contributed by atoms with van der Waals surface area (Å²) in [7, 11) is 1.90. The molecule has 0 amide bonds. The van der Waals surface area contributed by atoms with Crippen LogP contribution in [0.1, 0.15) is 12.6 Å². The zero-order valence-corrected chi connectivity index (χ0v) is 11.3. The van der Waals surface area contributed by atoms with E-state index in [0.717, 1.165) is 28.1 Å². The van der Waals surface area contributed by atoms with E-state index in [1.54, 1.807) is 10.9 Å². The lowest BCUT2D eigenvalue weighted by Gasteiger charge is -2.07. The normalized spacial score (nSPS) is 10.5. The van der Waals surface area contributed by atoms with Gasteiger partial charge in [-0.25, -0.2) is 4.98 Å². The van der Waals surface area contributed by atoms with E-state index in [-0.39, 0.29) is 0 Å². The number of nitrogens with one attached hydrogen (secondary N) is 1. The second-order valence-electron chi connectivity index (χ2n) is 3.74. The van der Waals surface area contributed by atoms with E-state index in [1.165, 1.54) is 0 Å². The molecule has 6 heteroatoms. The van der Waals surface area contributed by atoms with Gasteiger partial charge in [-0.1, -0.05) is 6.92 Å². The van der Waals surface area contributed by atoms with E-state index in [2.05, 4.69) is 38.3 Å². The Morgan fingerprint density at radius 3 is 2.94 bits per heavy atom. The predicted molar refractivity (Wildman–Crippen MR) is 72.2 cm³/mol. The van der Waals surface area contributed by atoms with Crippen LogP contribution in [-0.4, -0.2) is 14.8 Å². The highest BCUT2D eigenvalue weighted by Gasteiger charge is 2.08. The van der Waals surface area contributed by atoms with Crippen LogP contribution in [-0.2, 0) is 13.5 Å². The Hall–Kier alpha value is -1.56. The predicted octanol–water partition coefficient (Wildman–Crippen LogP) is 2.47. The summed E-state index contributed by atoms with van der Waals surface area (Å²) in [6.07, 6.45) is 4.42. The summed E-state index contributed by atoms with van der Waals surface area (Å²) in [5.41, 5.74) is 8.25. The van der Waals surface area contributed by atoms with Crippen molar-refractivity contribution >= 4 is 33.1 Å². The minimum absolute atomic E-state index is 0.629. The number of aromatic nitrogens is 3. The van der Waals surface area contributed by atoms with Gasteiger partial charge in [-0.15, -0.1) is 0 Å². The van der Waals surface area contributed by atoms with Gasteiger partial charge in [-0.2, -0.15) is 5.10 Å². The Balaban J connectivity index is 2.30.